The molecule has 0 bridgehead atoms. The van der Waals surface area contributed by atoms with E-state index in [1.165, 1.54) is 17.7 Å². The number of sulfonamides is 1. The highest BCUT2D eigenvalue weighted by atomic mass is 32.2. The normalized spacial score (nSPS) is 19.4. The van der Waals surface area contributed by atoms with Crippen LogP contribution in [-0.2, 0) is 10.0 Å². The first kappa shape index (κ1) is 16.7. The van der Waals surface area contributed by atoms with Gasteiger partial charge in [-0.25, -0.2) is 8.42 Å². The summed E-state index contributed by atoms with van der Waals surface area (Å²) in [7, 11) is -3.53. The van der Waals surface area contributed by atoms with Crippen molar-refractivity contribution in [3.05, 3.63) is 65.7 Å². The lowest BCUT2D eigenvalue weighted by molar-refractivity contribution is 0.406. The van der Waals surface area contributed by atoms with Crippen LogP contribution in [-0.4, -0.2) is 25.8 Å². The van der Waals surface area contributed by atoms with Crippen LogP contribution in [0.2, 0.25) is 0 Å². The Labute approximate surface area is 143 Å². The Balaban J connectivity index is 1.87. The van der Waals surface area contributed by atoms with E-state index >= 15 is 0 Å². The van der Waals surface area contributed by atoms with Gasteiger partial charge in [0.05, 0.1) is 16.5 Å². The third-order valence-corrected chi connectivity index (χ3v) is 6.41. The summed E-state index contributed by atoms with van der Waals surface area (Å²) in [6, 6.07) is 18.3. The molecule has 0 saturated carbocycles. The van der Waals surface area contributed by atoms with Crippen LogP contribution in [0.1, 0.15) is 36.3 Å². The van der Waals surface area contributed by atoms with Crippen molar-refractivity contribution in [3.63, 3.8) is 0 Å². The molecule has 0 N–H and O–H groups in total. The fourth-order valence-electron chi connectivity index (χ4n) is 3.17. The minimum atomic E-state index is -3.53. The molecular formula is C19H20N2O2S. The van der Waals surface area contributed by atoms with Crippen molar-refractivity contribution in [1.29, 1.82) is 5.26 Å². The van der Waals surface area contributed by atoms with Crippen LogP contribution in [0.15, 0.2) is 59.5 Å². The van der Waals surface area contributed by atoms with Gasteiger partial charge < -0.3 is 0 Å². The predicted molar refractivity (Wildman–Crippen MR) is 92.9 cm³/mol. The SMILES string of the molecule is N#Cc1ccc(S(=O)(=O)N2CCCCC(c3ccccc3)C2)cc1. The van der Waals surface area contributed by atoms with Crippen LogP contribution in [0.4, 0.5) is 0 Å². The van der Waals surface area contributed by atoms with Gasteiger partial charge in [-0.05, 0) is 48.6 Å². The minimum Gasteiger partial charge on any atom is -0.207 e. The van der Waals surface area contributed by atoms with Crippen molar-refractivity contribution in [2.24, 2.45) is 0 Å². The average Bonchev–Trinajstić information content (AvgIpc) is 2.89. The number of rotatable bonds is 3. The van der Waals surface area contributed by atoms with Crippen molar-refractivity contribution in [1.82, 2.24) is 4.31 Å². The lowest BCUT2D eigenvalue weighted by Gasteiger charge is -2.24. The summed E-state index contributed by atoms with van der Waals surface area (Å²) < 4.78 is 27.5. The van der Waals surface area contributed by atoms with Gasteiger partial charge in [-0.15, -0.1) is 0 Å². The fourth-order valence-corrected chi connectivity index (χ4v) is 4.70. The largest absolute Gasteiger partial charge is 0.243 e. The average molecular weight is 340 g/mol. The van der Waals surface area contributed by atoms with E-state index in [9.17, 15) is 8.42 Å². The Kier molecular flexibility index (Phi) is 4.98. The second kappa shape index (κ2) is 7.16. The summed E-state index contributed by atoms with van der Waals surface area (Å²) in [5.41, 5.74) is 1.66. The standard InChI is InChI=1S/C19H20N2O2S/c20-14-16-9-11-19(12-10-16)24(22,23)21-13-5-4-8-18(15-21)17-6-2-1-3-7-17/h1-3,6-7,9-12,18H,4-5,8,13,15H2. The lowest BCUT2D eigenvalue weighted by Crippen LogP contribution is -2.34. The molecule has 0 aromatic heterocycles. The second-order valence-electron chi connectivity index (χ2n) is 6.10. The molecule has 1 atom stereocenters. The molecule has 2 aromatic carbocycles. The maximum absolute atomic E-state index is 13.0. The third kappa shape index (κ3) is 3.50. The third-order valence-electron chi connectivity index (χ3n) is 4.53. The number of benzene rings is 2. The van der Waals surface area contributed by atoms with Gasteiger partial charge in [0.25, 0.3) is 0 Å². The molecule has 124 valence electrons. The minimum absolute atomic E-state index is 0.224. The van der Waals surface area contributed by atoms with Gasteiger partial charge in [-0.2, -0.15) is 9.57 Å². The van der Waals surface area contributed by atoms with Crippen LogP contribution in [0, 0.1) is 11.3 Å². The quantitative estimate of drug-likeness (QED) is 0.859. The van der Waals surface area contributed by atoms with Crippen LogP contribution >= 0.6 is 0 Å². The molecule has 0 spiro atoms. The highest BCUT2D eigenvalue weighted by molar-refractivity contribution is 7.89. The van der Waals surface area contributed by atoms with Crippen molar-refractivity contribution in [2.75, 3.05) is 13.1 Å². The lowest BCUT2D eigenvalue weighted by atomic mass is 9.95. The Morgan fingerprint density at radius 1 is 1.00 bits per heavy atom. The molecule has 0 radical (unpaired) electrons. The van der Waals surface area contributed by atoms with Gasteiger partial charge in [0.15, 0.2) is 0 Å². The van der Waals surface area contributed by atoms with Gasteiger partial charge in [0.1, 0.15) is 0 Å². The Hall–Kier alpha value is -2.16. The second-order valence-corrected chi connectivity index (χ2v) is 8.04. The summed E-state index contributed by atoms with van der Waals surface area (Å²) in [4.78, 5) is 0.259. The van der Waals surface area contributed by atoms with Crippen molar-refractivity contribution >= 4 is 10.0 Å². The summed E-state index contributed by atoms with van der Waals surface area (Å²) in [5.74, 6) is 0.224. The molecule has 3 rings (SSSR count). The smallest absolute Gasteiger partial charge is 0.207 e. The summed E-state index contributed by atoms with van der Waals surface area (Å²) in [6.45, 7) is 1.05. The number of nitriles is 1. The molecule has 24 heavy (non-hydrogen) atoms. The topological polar surface area (TPSA) is 61.2 Å². The molecule has 1 aliphatic rings. The van der Waals surface area contributed by atoms with E-state index in [0.717, 1.165) is 19.3 Å². The van der Waals surface area contributed by atoms with E-state index in [1.54, 1.807) is 16.4 Å². The van der Waals surface area contributed by atoms with Gasteiger partial charge in [0.2, 0.25) is 10.0 Å². The van der Waals surface area contributed by atoms with Gasteiger partial charge in [-0.3, -0.25) is 0 Å². The van der Waals surface area contributed by atoms with Gasteiger partial charge >= 0.3 is 0 Å². The van der Waals surface area contributed by atoms with E-state index in [0.29, 0.717) is 18.7 Å². The monoisotopic (exact) mass is 340 g/mol. The van der Waals surface area contributed by atoms with Crippen LogP contribution in [0.5, 0.6) is 0 Å². The molecule has 1 saturated heterocycles. The van der Waals surface area contributed by atoms with Crippen molar-refractivity contribution in [2.45, 2.75) is 30.1 Å². The maximum atomic E-state index is 13.0. The molecule has 1 fully saturated rings. The number of nitrogens with zero attached hydrogens (tertiary/aromatic N) is 2. The predicted octanol–water partition coefficient (Wildman–Crippen LogP) is 3.52. The molecule has 2 aromatic rings. The van der Waals surface area contributed by atoms with E-state index < -0.39 is 10.0 Å². The number of hydrogen-bond donors (Lipinski definition) is 0. The molecule has 4 nitrogen and oxygen atoms in total. The molecule has 5 heteroatoms. The zero-order valence-corrected chi connectivity index (χ0v) is 14.2. The van der Waals surface area contributed by atoms with E-state index in [4.69, 9.17) is 5.26 Å². The first-order valence-corrected chi connectivity index (χ1v) is 9.60. The Morgan fingerprint density at radius 3 is 2.38 bits per heavy atom. The first-order chi connectivity index (χ1) is 11.6. The highest BCUT2D eigenvalue weighted by Gasteiger charge is 2.29. The summed E-state index contributed by atoms with van der Waals surface area (Å²) in [6.07, 6.45) is 2.90. The Bertz CT molecular complexity index is 824. The van der Waals surface area contributed by atoms with Gasteiger partial charge in [0, 0.05) is 13.1 Å². The van der Waals surface area contributed by atoms with Crippen molar-refractivity contribution in [3.8, 4) is 6.07 Å². The molecule has 0 amide bonds. The fraction of sp³-hybridized carbons (Fsp3) is 0.316. The Morgan fingerprint density at radius 2 is 1.71 bits per heavy atom. The molecule has 1 unspecified atom stereocenters. The molecule has 1 aliphatic heterocycles. The highest BCUT2D eigenvalue weighted by Crippen LogP contribution is 2.29. The number of hydrogen-bond acceptors (Lipinski definition) is 3. The van der Waals surface area contributed by atoms with Crippen molar-refractivity contribution < 1.29 is 8.42 Å². The summed E-state index contributed by atoms with van der Waals surface area (Å²) >= 11 is 0. The van der Waals surface area contributed by atoms with E-state index in [-0.39, 0.29) is 10.8 Å². The summed E-state index contributed by atoms with van der Waals surface area (Å²) in [5, 5.41) is 8.87. The van der Waals surface area contributed by atoms with Crippen LogP contribution < -0.4 is 0 Å². The maximum Gasteiger partial charge on any atom is 0.243 e. The van der Waals surface area contributed by atoms with Gasteiger partial charge in [-0.1, -0.05) is 36.8 Å². The molecule has 0 aliphatic carbocycles. The van der Waals surface area contributed by atoms with E-state index in [2.05, 4.69) is 12.1 Å². The van der Waals surface area contributed by atoms with Crippen LogP contribution in [0.25, 0.3) is 0 Å². The van der Waals surface area contributed by atoms with E-state index in [1.807, 2.05) is 24.3 Å². The molecular weight excluding hydrogens is 320 g/mol. The first-order valence-electron chi connectivity index (χ1n) is 8.16. The van der Waals surface area contributed by atoms with Crippen LogP contribution in [0.3, 0.4) is 0 Å². The molecule has 1 heterocycles. The zero-order chi connectivity index (χ0) is 17.0. The zero-order valence-electron chi connectivity index (χ0n) is 13.4.